The summed E-state index contributed by atoms with van der Waals surface area (Å²) in [5.41, 5.74) is 3.04. The molecule has 6 nitrogen and oxygen atoms in total. The molecule has 4 rings (SSSR count). The van der Waals surface area contributed by atoms with Crippen molar-refractivity contribution in [1.29, 1.82) is 5.26 Å². The Hall–Kier alpha value is -3.73. The fourth-order valence-electron chi connectivity index (χ4n) is 3.64. The quantitative estimate of drug-likeness (QED) is 0.486. The Morgan fingerprint density at radius 3 is 2.47 bits per heavy atom. The molecule has 1 aliphatic heterocycles. The summed E-state index contributed by atoms with van der Waals surface area (Å²) >= 11 is 7.62. The smallest absolute Gasteiger partial charge is 0.266 e. The van der Waals surface area contributed by atoms with Crippen LogP contribution in [-0.2, 0) is 9.59 Å². The molecule has 2 N–H and O–H groups in total. The number of para-hydroxylation sites is 2. The minimum Gasteiger partial charge on any atom is -0.327 e. The van der Waals surface area contributed by atoms with Crippen molar-refractivity contribution in [1.82, 2.24) is 5.32 Å². The molecule has 0 aromatic heterocycles. The summed E-state index contributed by atoms with van der Waals surface area (Å²) in [7, 11) is 0. The molecule has 0 spiro atoms. The number of rotatable bonds is 6. The van der Waals surface area contributed by atoms with Crippen LogP contribution in [0.3, 0.4) is 0 Å². The van der Waals surface area contributed by atoms with Gasteiger partial charge in [-0.05, 0) is 36.8 Å². The van der Waals surface area contributed by atoms with Gasteiger partial charge in [0.25, 0.3) is 5.91 Å². The number of hydrogen-bond acceptors (Lipinski definition) is 5. The number of carbonyl (C=O) groups is 2. The van der Waals surface area contributed by atoms with Crippen molar-refractivity contribution in [3.05, 3.63) is 106 Å². The third-order valence-corrected chi connectivity index (χ3v) is 6.72. The van der Waals surface area contributed by atoms with Crippen LogP contribution in [0.4, 0.5) is 11.4 Å². The maximum atomic E-state index is 12.9. The molecule has 1 atom stereocenters. The van der Waals surface area contributed by atoms with E-state index in [1.807, 2.05) is 90.7 Å². The van der Waals surface area contributed by atoms with Gasteiger partial charge in [0.05, 0.1) is 5.75 Å². The number of nitrogens with zero attached hydrogens (tertiary/aromatic N) is 2. The number of aryl methyl sites for hydroxylation is 1. The third kappa shape index (κ3) is 4.93. The van der Waals surface area contributed by atoms with Crippen LogP contribution in [0.15, 0.2) is 89.5 Å². The van der Waals surface area contributed by atoms with Gasteiger partial charge < -0.3 is 15.5 Å². The van der Waals surface area contributed by atoms with Gasteiger partial charge in [0.1, 0.15) is 22.8 Å². The number of nitriles is 1. The first-order valence-corrected chi connectivity index (χ1v) is 11.9. The van der Waals surface area contributed by atoms with Crippen LogP contribution in [0.25, 0.3) is 0 Å². The lowest BCUT2D eigenvalue weighted by Gasteiger charge is -2.39. The van der Waals surface area contributed by atoms with E-state index in [0.29, 0.717) is 15.6 Å². The largest absolute Gasteiger partial charge is 0.327 e. The molecule has 0 aliphatic carbocycles. The van der Waals surface area contributed by atoms with E-state index in [1.54, 1.807) is 6.07 Å². The predicted molar refractivity (Wildman–Crippen MR) is 136 cm³/mol. The Bertz CT molecular complexity index is 1300. The topological polar surface area (TPSA) is 85.2 Å². The van der Waals surface area contributed by atoms with Crippen molar-refractivity contribution in [2.24, 2.45) is 0 Å². The highest BCUT2D eigenvalue weighted by Gasteiger charge is 2.36. The lowest BCUT2D eigenvalue weighted by Crippen LogP contribution is -2.46. The number of thioether (sulfide) groups is 1. The second-order valence-electron chi connectivity index (χ2n) is 7.55. The van der Waals surface area contributed by atoms with E-state index < -0.39 is 12.1 Å². The monoisotopic (exact) mass is 488 g/mol. The van der Waals surface area contributed by atoms with Crippen molar-refractivity contribution < 1.29 is 9.59 Å². The number of nitrogens with one attached hydrogen (secondary N) is 2. The van der Waals surface area contributed by atoms with Gasteiger partial charge >= 0.3 is 0 Å². The van der Waals surface area contributed by atoms with Gasteiger partial charge in [0.2, 0.25) is 5.91 Å². The van der Waals surface area contributed by atoms with Gasteiger partial charge in [-0.25, -0.2) is 0 Å². The number of benzene rings is 3. The molecule has 3 aromatic carbocycles. The molecule has 1 aliphatic rings. The maximum absolute atomic E-state index is 12.9. The average molecular weight is 489 g/mol. The van der Waals surface area contributed by atoms with E-state index in [9.17, 15) is 14.9 Å². The number of hydrogen-bond donors (Lipinski definition) is 2. The number of halogens is 1. The molecule has 0 radical (unpaired) electrons. The summed E-state index contributed by atoms with van der Waals surface area (Å²) in [6.07, 6.45) is -0.650. The average Bonchev–Trinajstić information content (AvgIpc) is 2.84. The van der Waals surface area contributed by atoms with E-state index >= 15 is 0 Å². The Morgan fingerprint density at radius 1 is 1.09 bits per heavy atom. The lowest BCUT2D eigenvalue weighted by molar-refractivity contribution is -0.118. The second-order valence-corrected chi connectivity index (χ2v) is 8.92. The maximum Gasteiger partial charge on any atom is 0.266 e. The molecule has 170 valence electrons. The minimum absolute atomic E-state index is 0.0146. The van der Waals surface area contributed by atoms with Gasteiger partial charge in [0.15, 0.2) is 0 Å². The number of carbonyl (C=O) groups excluding carboxylic acids is 2. The van der Waals surface area contributed by atoms with Gasteiger partial charge in [-0.1, -0.05) is 78.0 Å². The van der Waals surface area contributed by atoms with Crippen LogP contribution in [-0.4, -0.2) is 17.6 Å². The third-order valence-electron chi connectivity index (χ3n) is 5.29. The Morgan fingerprint density at radius 2 is 1.76 bits per heavy atom. The highest BCUT2D eigenvalue weighted by molar-refractivity contribution is 8.03. The molecule has 34 heavy (non-hydrogen) atoms. The number of amides is 2. The van der Waals surface area contributed by atoms with Crippen LogP contribution in [0.5, 0.6) is 0 Å². The first kappa shape index (κ1) is 23.4. The van der Waals surface area contributed by atoms with Crippen molar-refractivity contribution in [3.8, 4) is 6.07 Å². The van der Waals surface area contributed by atoms with E-state index in [1.165, 1.54) is 0 Å². The van der Waals surface area contributed by atoms with Crippen molar-refractivity contribution in [2.45, 2.75) is 13.1 Å². The Labute approximate surface area is 207 Å². The summed E-state index contributed by atoms with van der Waals surface area (Å²) in [6, 6.07) is 26.1. The van der Waals surface area contributed by atoms with E-state index in [0.717, 1.165) is 28.7 Å². The molecular formula is C26H21ClN4O2S. The van der Waals surface area contributed by atoms with Crippen molar-refractivity contribution in [2.75, 3.05) is 16.0 Å². The molecule has 8 heteroatoms. The molecular weight excluding hydrogens is 468 g/mol. The van der Waals surface area contributed by atoms with Gasteiger partial charge in [-0.15, -0.1) is 0 Å². The zero-order valence-electron chi connectivity index (χ0n) is 18.3. The molecule has 0 saturated carbocycles. The van der Waals surface area contributed by atoms with Gasteiger partial charge in [-0.2, -0.15) is 5.26 Å². The normalized spacial score (nSPS) is 15.5. The van der Waals surface area contributed by atoms with E-state index in [-0.39, 0.29) is 17.2 Å². The highest BCUT2D eigenvalue weighted by atomic mass is 35.5. The molecule has 1 heterocycles. The molecule has 1 unspecified atom stereocenters. The summed E-state index contributed by atoms with van der Waals surface area (Å²) in [4.78, 5) is 27.5. The minimum atomic E-state index is -0.650. The Balaban J connectivity index is 1.70. The fourth-order valence-corrected chi connectivity index (χ4v) is 4.85. The molecule has 0 fully saturated rings. The standard InChI is InChI=1S/C26H21ClN4O2S/c1-17-9-5-8-14-22(17)29-23(32)16-34-26-20(15-28)25(33)30-24(19-12-6-7-13-21(19)27)31(26)18-10-3-2-4-11-18/h2-14,24H,16H2,1H3,(H,29,32)(H,30,33). The zero-order valence-corrected chi connectivity index (χ0v) is 19.9. The lowest BCUT2D eigenvalue weighted by atomic mass is 10.1. The molecule has 0 saturated heterocycles. The van der Waals surface area contributed by atoms with Crippen molar-refractivity contribution >= 4 is 46.6 Å². The first-order chi connectivity index (χ1) is 16.5. The molecule has 0 bridgehead atoms. The van der Waals surface area contributed by atoms with Crippen LogP contribution in [0, 0.1) is 18.3 Å². The van der Waals surface area contributed by atoms with Crippen LogP contribution >= 0.6 is 23.4 Å². The second kappa shape index (κ2) is 10.5. The summed E-state index contributed by atoms with van der Waals surface area (Å²) in [5.74, 6) is -0.737. The van der Waals surface area contributed by atoms with Crippen LogP contribution in [0.1, 0.15) is 17.3 Å². The Kier molecular flexibility index (Phi) is 7.21. The summed E-state index contributed by atoms with van der Waals surface area (Å²) < 4.78 is 0. The van der Waals surface area contributed by atoms with Crippen LogP contribution in [0.2, 0.25) is 5.02 Å². The fraction of sp³-hybridized carbons (Fsp3) is 0.115. The number of anilines is 2. The molecule has 3 aromatic rings. The summed E-state index contributed by atoms with van der Waals surface area (Å²) in [6.45, 7) is 1.91. The predicted octanol–water partition coefficient (Wildman–Crippen LogP) is 5.39. The molecule has 2 amide bonds. The van der Waals surface area contributed by atoms with Crippen molar-refractivity contribution in [3.63, 3.8) is 0 Å². The van der Waals surface area contributed by atoms with Crippen LogP contribution < -0.4 is 15.5 Å². The first-order valence-electron chi connectivity index (χ1n) is 10.5. The van der Waals surface area contributed by atoms with E-state index in [2.05, 4.69) is 10.6 Å². The summed E-state index contributed by atoms with van der Waals surface area (Å²) in [5, 5.41) is 16.5. The highest BCUT2D eigenvalue weighted by Crippen LogP contribution is 2.40. The van der Waals surface area contributed by atoms with E-state index in [4.69, 9.17) is 11.6 Å². The zero-order chi connectivity index (χ0) is 24.1. The van der Waals surface area contributed by atoms with Gasteiger partial charge in [0, 0.05) is 22.0 Å². The van der Waals surface area contributed by atoms with Gasteiger partial charge in [-0.3, -0.25) is 9.59 Å². The SMILES string of the molecule is Cc1ccccc1NC(=O)CSC1=C(C#N)C(=O)NC(c2ccccc2Cl)N1c1ccccc1.